The van der Waals surface area contributed by atoms with Gasteiger partial charge in [-0.05, 0) is 39.9 Å². The summed E-state index contributed by atoms with van der Waals surface area (Å²) >= 11 is 9.37. The summed E-state index contributed by atoms with van der Waals surface area (Å²) in [5, 5.41) is 12.5. The van der Waals surface area contributed by atoms with Crippen LogP contribution in [-0.4, -0.2) is 23.8 Å². The number of carbonyl (C=O) groups is 2. The number of carboxylic acid groups (broad SMARTS) is 1. The molecule has 31 heavy (non-hydrogen) atoms. The van der Waals surface area contributed by atoms with Gasteiger partial charge >= 0.3 is 12.1 Å². The van der Waals surface area contributed by atoms with Gasteiger partial charge in [0.25, 0.3) is 0 Å². The average molecular weight is 501 g/mol. The molecule has 1 amide bonds. The number of carbonyl (C=O) groups excluding carboxylic acids is 1. The average Bonchev–Trinajstić information content (AvgIpc) is 3.05. The Kier molecular flexibility index (Phi) is 6.30. The lowest BCUT2D eigenvalue weighted by atomic mass is 9.98. The van der Waals surface area contributed by atoms with Gasteiger partial charge in [-0.1, -0.05) is 82.1 Å². The summed E-state index contributed by atoms with van der Waals surface area (Å²) in [5.74, 6) is -1.11. The standard InChI is InChI=1S/C24H19BrClNO4/c25-21-11-14(26)9-10-19(21)22(12-23(28)29)27-24(30)31-13-20-17-7-3-1-5-15(17)16-6-2-4-8-18(16)20/h1-11,20,22H,12-13H2,(H,27,30)(H,28,29)/t22-/m0/s1. The second kappa shape index (κ2) is 9.12. The van der Waals surface area contributed by atoms with E-state index < -0.39 is 18.1 Å². The van der Waals surface area contributed by atoms with Crippen molar-refractivity contribution in [1.82, 2.24) is 5.32 Å². The maximum Gasteiger partial charge on any atom is 0.407 e. The van der Waals surface area contributed by atoms with E-state index in [0.29, 0.717) is 15.1 Å². The molecule has 3 aromatic carbocycles. The van der Waals surface area contributed by atoms with Crippen LogP contribution in [0.2, 0.25) is 5.02 Å². The molecule has 0 radical (unpaired) electrons. The monoisotopic (exact) mass is 499 g/mol. The third kappa shape index (κ3) is 4.60. The number of aliphatic carboxylic acids is 1. The van der Waals surface area contributed by atoms with Crippen molar-refractivity contribution in [1.29, 1.82) is 0 Å². The topological polar surface area (TPSA) is 75.6 Å². The first-order valence-corrected chi connectivity index (χ1v) is 10.9. The number of ether oxygens (including phenoxy) is 1. The fourth-order valence-corrected chi connectivity index (χ4v) is 4.94. The largest absolute Gasteiger partial charge is 0.481 e. The number of hydrogen-bond acceptors (Lipinski definition) is 3. The number of fused-ring (bicyclic) bond motifs is 3. The van der Waals surface area contributed by atoms with Crippen molar-refractivity contribution >= 4 is 39.6 Å². The fraction of sp³-hybridized carbons (Fsp3) is 0.167. The zero-order chi connectivity index (χ0) is 22.0. The first-order valence-electron chi connectivity index (χ1n) is 9.72. The molecule has 2 N–H and O–H groups in total. The van der Waals surface area contributed by atoms with Crippen LogP contribution in [0.4, 0.5) is 4.79 Å². The van der Waals surface area contributed by atoms with Crippen molar-refractivity contribution in [3.63, 3.8) is 0 Å². The lowest BCUT2D eigenvalue weighted by molar-refractivity contribution is -0.137. The third-order valence-electron chi connectivity index (χ3n) is 5.35. The fourth-order valence-electron chi connectivity index (χ4n) is 3.98. The quantitative estimate of drug-likeness (QED) is 0.425. The van der Waals surface area contributed by atoms with Crippen LogP contribution in [0.3, 0.4) is 0 Å². The molecule has 0 unspecified atom stereocenters. The Hall–Kier alpha value is -2.83. The van der Waals surface area contributed by atoms with Crippen molar-refractivity contribution in [3.05, 3.63) is 92.9 Å². The van der Waals surface area contributed by atoms with Crippen LogP contribution >= 0.6 is 27.5 Å². The summed E-state index contributed by atoms with van der Waals surface area (Å²) < 4.78 is 6.17. The van der Waals surface area contributed by atoms with Gasteiger partial charge in [-0.3, -0.25) is 4.79 Å². The van der Waals surface area contributed by atoms with E-state index in [1.807, 2.05) is 36.4 Å². The molecular formula is C24H19BrClNO4. The maximum atomic E-state index is 12.6. The molecule has 3 aromatic rings. The van der Waals surface area contributed by atoms with Gasteiger partial charge in [-0.2, -0.15) is 0 Å². The Morgan fingerprint density at radius 3 is 2.23 bits per heavy atom. The second-order valence-corrected chi connectivity index (χ2v) is 8.58. The van der Waals surface area contributed by atoms with Gasteiger partial charge in [0.1, 0.15) is 6.61 Å². The van der Waals surface area contributed by atoms with Crippen LogP contribution in [0, 0.1) is 0 Å². The number of alkyl carbamates (subject to hydrolysis) is 1. The number of halogens is 2. The number of carboxylic acids is 1. The van der Waals surface area contributed by atoms with Gasteiger partial charge < -0.3 is 15.2 Å². The van der Waals surface area contributed by atoms with Crippen molar-refractivity contribution in [2.45, 2.75) is 18.4 Å². The molecule has 0 saturated heterocycles. The van der Waals surface area contributed by atoms with E-state index in [2.05, 4.69) is 33.4 Å². The molecule has 5 nitrogen and oxygen atoms in total. The molecule has 1 aliphatic rings. The molecule has 1 aliphatic carbocycles. The molecule has 0 aliphatic heterocycles. The Balaban J connectivity index is 1.50. The second-order valence-electron chi connectivity index (χ2n) is 7.29. The highest BCUT2D eigenvalue weighted by Crippen LogP contribution is 2.44. The Morgan fingerprint density at radius 2 is 1.65 bits per heavy atom. The van der Waals surface area contributed by atoms with Crippen LogP contribution in [0.1, 0.15) is 35.1 Å². The van der Waals surface area contributed by atoms with Gasteiger partial charge in [0.05, 0.1) is 12.5 Å². The SMILES string of the molecule is O=C(O)C[C@H](NC(=O)OCC1c2ccccc2-c2ccccc21)c1ccc(Cl)cc1Br. The van der Waals surface area contributed by atoms with E-state index in [4.69, 9.17) is 16.3 Å². The number of nitrogens with one attached hydrogen (secondary N) is 1. The normalized spacial score (nSPS) is 13.2. The summed E-state index contributed by atoms with van der Waals surface area (Å²) in [5.41, 5.74) is 5.11. The maximum absolute atomic E-state index is 12.6. The van der Waals surface area contributed by atoms with Gasteiger partial charge in [-0.15, -0.1) is 0 Å². The molecule has 0 saturated carbocycles. The van der Waals surface area contributed by atoms with Crippen LogP contribution in [0.25, 0.3) is 11.1 Å². The van der Waals surface area contributed by atoms with E-state index in [-0.39, 0.29) is 18.9 Å². The van der Waals surface area contributed by atoms with Crippen LogP contribution in [0.5, 0.6) is 0 Å². The molecule has 0 aromatic heterocycles. The summed E-state index contributed by atoms with van der Waals surface area (Å²) in [6.07, 6.45) is -0.959. The zero-order valence-corrected chi connectivity index (χ0v) is 18.7. The highest BCUT2D eigenvalue weighted by molar-refractivity contribution is 9.10. The number of amides is 1. The minimum Gasteiger partial charge on any atom is -0.481 e. The third-order valence-corrected chi connectivity index (χ3v) is 6.27. The minimum atomic E-state index is -1.04. The zero-order valence-electron chi connectivity index (χ0n) is 16.3. The summed E-state index contributed by atoms with van der Waals surface area (Å²) in [7, 11) is 0. The van der Waals surface area contributed by atoms with Crippen molar-refractivity contribution in [3.8, 4) is 11.1 Å². The molecule has 7 heteroatoms. The number of hydrogen-bond donors (Lipinski definition) is 2. The summed E-state index contributed by atoms with van der Waals surface area (Å²) in [6.45, 7) is 0.154. The molecule has 0 fully saturated rings. The van der Waals surface area contributed by atoms with Crippen LogP contribution in [-0.2, 0) is 9.53 Å². The molecule has 0 spiro atoms. The number of benzene rings is 3. The van der Waals surface area contributed by atoms with E-state index in [1.165, 1.54) is 0 Å². The minimum absolute atomic E-state index is 0.0710. The van der Waals surface area contributed by atoms with Crippen molar-refractivity contribution < 1.29 is 19.4 Å². The van der Waals surface area contributed by atoms with E-state index in [9.17, 15) is 14.7 Å². The molecule has 158 valence electrons. The smallest absolute Gasteiger partial charge is 0.407 e. The molecule has 0 heterocycles. The van der Waals surface area contributed by atoms with E-state index in [0.717, 1.165) is 22.3 Å². The number of rotatable bonds is 6. The highest BCUT2D eigenvalue weighted by Gasteiger charge is 2.29. The van der Waals surface area contributed by atoms with Gasteiger partial charge in [0.2, 0.25) is 0 Å². The van der Waals surface area contributed by atoms with Gasteiger partial charge in [0, 0.05) is 15.4 Å². The van der Waals surface area contributed by atoms with Crippen LogP contribution in [0.15, 0.2) is 71.2 Å². The Bertz CT molecular complexity index is 1100. The van der Waals surface area contributed by atoms with Crippen molar-refractivity contribution in [2.75, 3.05) is 6.61 Å². The predicted molar refractivity (Wildman–Crippen MR) is 122 cm³/mol. The first-order chi connectivity index (χ1) is 14.9. The molecule has 1 atom stereocenters. The molecule has 4 rings (SSSR count). The van der Waals surface area contributed by atoms with Crippen molar-refractivity contribution in [2.24, 2.45) is 0 Å². The predicted octanol–water partition coefficient (Wildman–Crippen LogP) is 6.16. The van der Waals surface area contributed by atoms with E-state index >= 15 is 0 Å². The highest BCUT2D eigenvalue weighted by atomic mass is 79.9. The molecular weight excluding hydrogens is 482 g/mol. The summed E-state index contributed by atoms with van der Waals surface area (Å²) in [4.78, 5) is 24.0. The van der Waals surface area contributed by atoms with Gasteiger partial charge in [0.15, 0.2) is 0 Å². The first kappa shape index (κ1) is 21.4. The lowest BCUT2D eigenvalue weighted by Gasteiger charge is -2.20. The summed E-state index contributed by atoms with van der Waals surface area (Å²) in [6, 6.07) is 20.4. The molecule has 0 bridgehead atoms. The van der Waals surface area contributed by atoms with E-state index in [1.54, 1.807) is 18.2 Å². The lowest BCUT2D eigenvalue weighted by Crippen LogP contribution is -2.32. The van der Waals surface area contributed by atoms with Gasteiger partial charge in [-0.25, -0.2) is 4.79 Å². The Morgan fingerprint density at radius 1 is 1.03 bits per heavy atom. The Labute approximate surface area is 193 Å². The van der Waals surface area contributed by atoms with Crippen LogP contribution < -0.4 is 5.32 Å².